The molecule has 0 bridgehead atoms. The number of nitro groups is 1. The highest BCUT2D eigenvalue weighted by Crippen LogP contribution is 2.44. The maximum atomic E-state index is 12.0. The first-order valence-electron chi connectivity index (χ1n) is 9.85. The number of rotatable bonds is 6. The Morgan fingerprint density at radius 2 is 2.13 bits per heavy atom. The van der Waals surface area contributed by atoms with Crippen molar-refractivity contribution >= 4 is 35.1 Å². The van der Waals surface area contributed by atoms with Gasteiger partial charge in [-0.1, -0.05) is 30.7 Å². The Balaban J connectivity index is 1.66. The molecule has 0 fully saturated rings. The van der Waals surface area contributed by atoms with E-state index in [4.69, 9.17) is 16.3 Å². The molecule has 1 N–H and O–H groups in total. The predicted octanol–water partition coefficient (Wildman–Crippen LogP) is 4.50. The molecule has 0 saturated carbocycles. The number of hydrogen-bond acceptors (Lipinski definition) is 6. The van der Waals surface area contributed by atoms with Crippen LogP contribution in [0, 0.1) is 10.1 Å². The second kappa shape index (κ2) is 8.93. The van der Waals surface area contributed by atoms with E-state index in [9.17, 15) is 14.9 Å². The minimum Gasteiger partial charge on any atom is -0.477 e. The molecule has 2 aromatic carbocycles. The first-order valence-corrected chi connectivity index (χ1v) is 10.2. The molecule has 164 valence electrons. The van der Waals surface area contributed by atoms with Crippen molar-refractivity contribution in [2.24, 2.45) is 5.10 Å². The minimum absolute atomic E-state index is 0.0189. The molecule has 1 amide bonds. The first kappa shape index (κ1) is 22.6. The van der Waals surface area contributed by atoms with Crippen molar-refractivity contribution in [1.82, 2.24) is 5.43 Å². The zero-order valence-corrected chi connectivity index (χ0v) is 18.6. The summed E-state index contributed by atoms with van der Waals surface area (Å²) in [5.41, 5.74) is 5.15. The van der Waals surface area contributed by atoms with Gasteiger partial charge < -0.3 is 9.64 Å². The van der Waals surface area contributed by atoms with Crippen LogP contribution in [0.5, 0.6) is 5.75 Å². The molecule has 31 heavy (non-hydrogen) atoms. The van der Waals surface area contributed by atoms with Crippen LogP contribution in [-0.4, -0.2) is 36.2 Å². The molecule has 1 heterocycles. The fourth-order valence-electron chi connectivity index (χ4n) is 3.78. The number of nitrogens with zero attached hydrogens (tertiary/aromatic N) is 3. The average molecular weight is 445 g/mol. The van der Waals surface area contributed by atoms with E-state index >= 15 is 0 Å². The van der Waals surface area contributed by atoms with Gasteiger partial charge in [-0.15, -0.1) is 0 Å². The number of para-hydroxylation sites is 2. The van der Waals surface area contributed by atoms with Crippen LogP contribution in [0.4, 0.5) is 11.4 Å². The van der Waals surface area contributed by atoms with E-state index in [1.54, 1.807) is 6.07 Å². The molecule has 9 heteroatoms. The standard InChI is InChI=1S/C22H25ClN4O4/c1-14-11-22(2,3)26(4)19-10-17(23)15(9-16(14)19)12-24-25-21(28)13-31-20-8-6-5-7-18(20)27(29)30/h5-10,12,14H,11,13H2,1-4H3,(H,25,28)/b24-12+. The van der Waals surface area contributed by atoms with Crippen LogP contribution in [0.25, 0.3) is 0 Å². The summed E-state index contributed by atoms with van der Waals surface area (Å²) in [5.74, 6) is -0.168. The van der Waals surface area contributed by atoms with Crippen LogP contribution in [-0.2, 0) is 4.79 Å². The summed E-state index contributed by atoms with van der Waals surface area (Å²) in [4.78, 5) is 24.7. The number of amides is 1. The number of carbonyl (C=O) groups excluding carboxylic acids is 1. The number of carbonyl (C=O) groups is 1. The number of ether oxygens (including phenoxy) is 1. The lowest BCUT2D eigenvalue weighted by molar-refractivity contribution is -0.385. The van der Waals surface area contributed by atoms with Crippen LogP contribution in [0.3, 0.4) is 0 Å². The average Bonchev–Trinajstić information content (AvgIpc) is 2.71. The lowest BCUT2D eigenvalue weighted by atomic mass is 9.80. The molecule has 8 nitrogen and oxygen atoms in total. The van der Waals surface area contributed by atoms with Crippen LogP contribution >= 0.6 is 11.6 Å². The zero-order valence-electron chi connectivity index (χ0n) is 17.9. The Morgan fingerprint density at radius 3 is 2.84 bits per heavy atom. The predicted molar refractivity (Wildman–Crippen MR) is 121 cm³/mol. The van der Waals surface area contributed by atoms with Crippen molar-refractivity contribution in [3.63, 3.8) is 0 Å². The van der Waals surface area contributed by atoms with Crippen molar-refractivity contribution in [2.45, 2.75) is 38.6 Å². The zero-order chi connectivity index (χ0) is 22.8. The molecule has 0 aromatic heterocycles. The van der Waals surface area contributed by atoms with Gasteiger partial charge >= 0.3 is 5.69 Å². The van der Waals surface area contributed by atoms with Crippen LogP contribution in [0.1, 0.15) is 44.2 Å². The highest BCUT2D eigenvalue weighted by atomic mass is 35.5. The number of fused-ring (bicyclic) bond motifs is 1. The van der Waals surface area contributed by atoms with Crippen LogP contribution in [0.2, 0.25) is 5.02 Å². The summed E-state index contributed by atoms with van der Waals surface area (Å²) < 4.78 is 5.25. The molecule has 1 aliphatic rings. The van der Waals surface area contributed by atoms with Gasteiger partial charge in [0.1, 0.15) is 0 Å². The lowest BCUT2D eigenvalue weighted by Gasteiger charge is -2.45. The first-order chi connectivity index (χ1) is 14.6. The van der Waals surface area contributed by atoms with Gasteiger partial charge in [-0.3, -0.25) is 14.9 Å². The van der Waals surface area contributed by atoms with Gasteiger partial charge in [0, 0.05) is 29.9 Å². The van der Waals surface area contributed by atoms with Gasteiger partial charge in [0.2, 0.25) is 0 Å². The third-order valence-electron chi connectivity index (χ3n) is 5.57. The summed E-state index contributed by atoms with van der Waals surface area (Å²) in [6.07, 6.45) is 2.49. The SMILES string of the molecule is CC1CC(C)(C)N(C)c2cc(Cl)c(/C=N/NC(=O)COc3ccccc3[N+](=O)[O-])cc21. The number of anilines is 1. The third kappa shape index (κ3) is 4.96. The summed E-state index contributed by atoms with van der Waals surface area (Å²) >= 11 is 6.45. The normalized spacial score (nSPS) is 17.3. The second-order valence-corrected chi connectivity index (χ2v) is 8.62. The highest BCUT2D eigenvalue weighted by molar-refractivity contribution is 6.33. The fourth-order valence-corrected chi connectivity index (χ4v) is 3.99. The topological polar surface area (TPSA) is 97.1 Å². The summed E-state index contributed by atoms with van der Waals surface area (Å²) in [5, 5.41) is 15.5. The quantitative estimate of drug-likeness (QED) is 0.402. The molecular formula is C22H25ClN4O4. The maximum absolute atomic E-state index is 12.0. The van der Waals surface area contributed by atoms with Crippen molar-refractivity contribution in [3.05, 3.63) is 62.7 Å². The fraction of sp³-hybridized carbons (Fsp3) is 0.364. The summed E-state index contributed by atoms with van der Waals surface area (Å²) in [7, 11) is 2.06. The van der Waals surface area contributed by atoms with Crippen molar-refractivity contribution in [2.75, 3.05) is 18.6 Å². The van der Waals surface area contributed by atoms with Gasteiger partial charge in [-0.25, -0.2) is 5.43 Å². The summed E-state index contributed by atoms with van der Waals surface area (Å²) in [6.45, 7) is 6.19. The smallest absolute Gasteiger partial charge is 0.310 e. The van der Waals surface area contributed by atoms with Gasteiger partial charge in [0.15, 0.2) is 12.4 Å². The van der Waals surface area contributed by atoms with Crippen molar-refractivity contribution in [3.8, 4) is 5.75 Å². The lowest BCUT2D eigenvalue weighted by Crippen LogP contribution is -2.45. The van der Waals surface area contributed by atoms with Gasteiger partial charge in [-0.2, -0.15) is 5.10 Å². The molecule has 2 aromatic rings. The van der Waals surface area contributed by atoms with E-state index in [1.165, 1.54) is 30.0 Å². The Bertz CT molecular complexity index is 1040. The third-order valence-corrected chi connectivity index (χ3v) is 5.89. The Morgan fingerprint density at radius 1 is 1.42 bits per heavy atom. The number of hydrogen-bond donors (Lipinski definition) is 1. The van der Waals surface area contributed by atoms with Crippen LogP contribution < -0.4 is 15.1 Å². The molecule has 0 spiro atoms. The van der Waals surface area contributed by atoms with Gasteiger partial charge in [-0.05, 0) is 49.9 Å². The number of hydrazone groups is 1. The minimum atomic E-state index is -0.566. The van der Waals surface area contributed by atoms with E-state index in [1.807, 2.05) is 12.1 Å². The number of nitro benzene ring substituents is 1. The number of benzene rings is 2. The van der Waals surface area contributed by atoms with Gasteiger partial charge in [0.25, 0.3) is 5.91 Å². The Kier molecular flexibility index (Phi) is 6.50. The molecule has 0 saturated heterocycles. The molecule has 1 unspecified atom stereocenters. The van der Waals surface area contributed by atoms with E-state index in [2.05, 4.69) is 43.2 Å². The summed E-state index contributed by atoms with van der Waals surface area (Å²) in [6, 6.07) is 9.78. The number of halogens is 1. The van der Waals surface area contributed by atoms with E-state index in [-0.39, 0.29) is 17.0 Å². The van der Waals surface area contributed by atoms with Gasteiger partial charge in [0.05, 0.1) is 16.2 Å². The molecule has 3 rings (SSSR count). The largest absolute Gasteiger partial charge is 0.477 e. The maximum Gasteiger partial charge on any atom is 0.310 e. The Labute approximate surface area is 186 Å². The van der Waals surface area contributed by atoms with E-state index in [0.717, 1.165) is 12.1 Å². The monoisotopic (exact) mass is 444 g/mol. The molecule has 0 radical (unpaired) electrons. The van der Waals surface area contributed by atoms with E-state index in [0.29, 0.717) is 16.5 Å². The van der Waals surface area contributed by atoms with Crippen molar-refractivity contribution < 1.29 is 14.5 Å². The Hall–Kier alpha value is -3.13. The number of nitrogens with one attached hydrogen (secondary N) is 1. The highest BCUT2D eigenvalue weighted by Gasteiger charge is 2.34. The van der Waals surface area contributed by atoms with Crippen LogP contribution in [0.15, 0.2) is 41.5 Å². The second-order valence-electron chi connectivity index (χ2n) is 8.22. The molecule has 1 aliphatic heterocycles. The van der Waals surface area contributed by atoms with E-state index < -0.39 is 17.4 Å². The molecule has 1 atom stereocenters. The molecular weight excluding hydrogens is 420 g/mol. The van der Waals surface area contributed by atoms with Crippen molar-refractivity contribution in [1.29, 1.82) is 0 Å². The molecule has 0 aliphatic carbocycles.